The molecule has 0 bridgehead atoms. The van der Waals surface area contributed by atoms with Crippen LogP contribution in [0, 0.1) is 0 Å². The molecule has 4 aliphatic rings. The largest absolute Gasteiger partial charge is 0.357 e. The maximum Gasteiger partial charge on any atom is 0.235 e. The second kappa shape index (κ2) is 9.17. The smallest absolute Gasteiger partial charge is 0.235 e. The third kappa shape index (κ3) is 4.15. The van der Waals surface area contributed by atoms with E-state index in [1.807, 2.05) is 6.08 Å². The number of hydrogen-bond acceptors (Lipinski definition) is 7. The molecule has 0 spiro atoms. The van der Waals surface area contributed by atoms with Gasteiger partial charge in [0.25, 0.3) is 0 Å². The number of hydrogen-bond donors (Lipinski definition) is 2. The number of pyridine rings is 1. The van der Waals surface area contributed by atoms with Crippen LogP contribution in [0.3, 0.4) is 0 Å². The predicted molar refractivity (Wildman–Crippen MR) is 135 cm³/mol. The molecule has 176 valence electrons. The first kappa shape index (κ1) is 21.8. The summed E-state index contributed by atoms with van der Waals surface area (Å²) < 4.78 is 0. The number of thioether (sulfide) groups is 1. The summed E-state index contributed by atoms with van der Waals surface area (Å²) in [5.74, 6) is 1.62. The quantitative estimate of drug-likeness (QED) is 0.622. The van der Waals surface area contributed by atoms with Crippen LogP contribution in [0.1, 0.15) is 35.6 Å². The number of para-hydroxylation sites is 1. The van der Waals surface area contributed by atoms with Crippen molar-refractivity contribution in [1.82, 2.24) is 15.2 Å². The standard InChI is InChI=1S/C26H29N5O2S/c32-15-21-6-4-17-2-1-3-22-18(14-31(21)25(17)22)13-30-10-8-19(9-11-30)27-12-20-5-7-23-26(28-20)29-24(33)16-34-23/h1-7,15,18-19,21,27H,8-14,16H2,(H,28,29,33). The van der Waals surface area contributed by atoms with Gasteiger partial charge in [0.1, 0.15) is 18.1 Å². The lowest BCUT2D eigenvalue weighted by atomic mass is 9.96. The van der Waals surface area contributed by atoms with E-state index in [4.69, 9.17) is 0 Å². The number of nitrogens with zero attached hydrogens (tertiary/aromatic N) is 3. The van der Waals surface area contributed by atoms with Crippen molar-refractivity contribution in [3.63, 3.8) is 0 Å². The minimum atomic E-state index is -0.141. The second-order valence-corrected chi connectivity index (χ2v) is 10.6. The van der Waals surface area contributed by atoms with E-state index in [2.05, 4.69) is 61.8 Å². The zero-order valence-corrected chi connectivity index (χ0v) is 19.9. The van der Waals surface area contributed by atoms with E-state index >= 15 is 0 Å². The van der Waals surface area contributed by atoms with E-state index in [9.17, 15) is 9.59 Å². The normalized spacial score (nSPS) is 24.0. The van der Waals surface area contributed by atoms with Gasteiger partial charge in [0.2, 0.25) is 5.91 Å². The third-order valence-electron chi connectivity index (χ3n) is 7.39. The fraction of sp³-hybridized carbons (Fsp3) is 0.423. The molecule has 4 aliphatic heterocycles. The number of likely N-dealkylation sites (tertiary alicyclic amines) is 1. The first-order valence-corrected chi connectivity index (χ1v) is 13.1. The van der Waals surface area contributed by atoms with E-state index in [1.54, 1.807) is 11.8 Å². The SMILES string of the molecule is O=CC1C=Cc2cccc3c2N1CC3CN1CCC(NCc2ccc3c(n2)NC(=O)CS3)CC1. The van der Waals surface area contributed by atoms with Crippen LogP contribution in [-0.4, -0.2) is 66.1 Å². The van der Waals surface area contributed by atoms with E-state index in [0.29, 0.717) is 30.1 Å². The lowest BCUT2D eigenvalue weighted by Crippen LogP contribution is -2.44. The molecule has 1 aromatic heterocycles. The highest BCUT2D eigenvalue weighted by Gasteiger charge is 2.36. The van der Waals surface area contributed by atoms with Gasteiger partial charge >= 0.3 is 0 Å². The Labute approximate surface area is 204 Å². The Morgan fingerprint density at radius 2 is 2.09 bits per heavy atom. The molecule has 0 saturated carbocycles. The van der Waals surface area contributed by atoms with Crippen LogP contribution in [-0.2, 0) is 16.1 Å². The summed E-state index contributed by atoms with van der Waals surface area (Å²) in [4.78, 5) is 33.8. The van der Waals surface area contributed by atoms with E-state index < -0.39 is 0 Å². The molecule has 8 heteroatoms. The van der Waals surface area contributed by atoms with Crippen LogP contribution in [0.25, 0.3) is 6.08 Å². The minimum Gasteiger partial charge on any atom is -0.357 e. The molecule has 0 aliphatic carbocycles. The number of anilines is 2. The van der Waals surface area contributed by atoms with Crippen molar-refractivity contribution in [3.05, 3.63) is 53.2 Å². The molecule has 1 fully saturated rings. The highest BCUT2D eigenvalue weighted by atomic mass is 32.2. The van der Waals surface area contributed by atoms with Crippen molar-refractivity contribution in [2.45, 2.75) is 42.3 Å². The molecule has 5 heterocycles. The van der Waals surface area contributed by atoms with Gasteiger partial charge in [0.05, 0.1) is 16.3 Å². The van der Waals surface area contributed by atoms with Crippen LogP contribution in [0.5, 0.6) is 0 Å². The fourth-order valence-corrected chi connectivity index (χ4v) is 6.39. The summed E-state index contributed by atoms with van der Waals surface area (Å²) in [7, 11) is 0. The van der Waals surface area contributed by atoms with Crippen molar-refractivity contribution in [2.24, 2.45) is 0 Å². The van der Waals surface area contributed by atoms with Gasteiger partial charge in [-0.15, -0.1) is 11.8 Å². The first-order chi connectivity index (χ1) is 16.7. The summed E-state index contributed by atoms with van der Waals surface area (Å²) in [6.07, 6.45) is 7.39. The number of rotatable bonds is 6. The number of fused-ring (bicyclic) bond motifs is 1. The van der Waals surface area contributed by atoms with E-state index in [0.717, 1.165) is 55.9 Å². The molecular weight excluding hydrogens is 446 g/mol. The molecule has 2 atom stereocenters. The van der Waals surface area contributed by atoms with Gasteiger partial charge in [-0.1, -0.05) is 30.4 Å². The third-order valence-corrected chi connectivity index (χ3v) is 8.43. The molecule has 2 aromatic rings. The Hall–Kier alpha value is -2.68. The summed E-state index contributed by atoms with van der Waals surface area (Å²) in [6, 6.07) is 11.0. The van der Waals surface area contributed by atoms with Crippen molar-refractivity contribution in [1.29, 1.82) is 0 Å². The average molecular weight is 476 g/mol. The van der Waals surface area contributed by atoms with Crippen molar-refractivity contribution in [3.8, 4) is 0 Å². The molecular formula is C26H29N5O2S. The van der Waals surface area contributed by atoms with Gasteiger partial charge < -0.3 is 25.2 Å². The van der Waals surface area contributed by atoms with Gasteiger partial charge in [-0.2, -0.15) is 0 Å². The molecule has 1 saturated heterocycles. The van der Waals surface area contributed by atoms with Crippen LogP contribution in [0.4, 0.5) is 11.5 Å². The van der Waals surface area contributed by atoms with Crippen molar-refractivity contribution < 1.29 is 9.59 Å². The van der Waals surface area contributed by atoms with Crippen LogP contribution in [0.15, 0.2) is 41.3 Å². The monoisotopic (exact) mass is 475 g/mol. The molecule has 34 heavy (non-hydrogen) atoms. The van der Waals surface area contributed by atoms with Gasteiger partial charge in [-0.25, -0.2) is 4.98 Å². The van der Waals surface area contributed by atoms with E-state index in [1.165, 1.54) is 16.8 Å². The number of carbonyl (C=O) groups excluding carboxylic acids is 2. The summed E-state index contributed by atoms with van der Waals surface area (Å²) >= 11 is 1.54. The number of piperidine rings is 1. The van der Waals surface area contributed by atoms with Crippen LogP contribution < -0.4 is 15.5 Å². The van der Waals surface area contributed by atoms with Gasteiger partial charge in [-0.05, 0) is 49.2 Å². The number of benzene rings is 1. The first-order valence-electron chi connectivity index (χ1n) is 12.1. The summed E-state index contributed by atoms with van der Waals surface area (Å²) in [6.45, 7) is 4.81. The van der Waals surface area contributed by atoms with Crippen LogP contribution in [0.2, 0.25) is 0 Å². The zero-order chi connectivity index (χ0) is 23.1. The van der Waals surface area contributed by atoms with E-state index in [-0.39, 0.29) is 11.9 Å². The minimum absolute atomic E-state index is 0.0197. The Morgan fingerprint density at radius 3 is 2.94 bits per heavy atom. The molecule has 1 aromatic carbocycles. The highest BCUT2D eigenvalue weighted by molar-refractivity contribution is 8.00. The Kier molecular flexibility index (Phi) is 5.89. The summed E-state index contributed by atoms with van der Waals surface area (Å²) in [5.41, 5.74) is 4.84. The average Bonchev–Trinajstić information content (AvgIpc) is 3.23. The van der Waals surface area contributed by atoms with Gasteiger partial charge in [0, 0.05) is 37.3 Å². The van der Waals surface area contributed by atoms with Gasteiger partial charge in [0.15, 0.2) is 0 Å². The zero-order valence-electron chi connectivity index (χ0n) is 19.1. The topological polar surface area (TPSA) is 77.6 Å². The number of aromatic nitrogens is 1. The maximum atomic E-state index is 11.6. The molecule has 0 radical (unpaired) electrons. The maximum absolute atomic E-state index is 11.6. The molecule has 1 amide bonds. The van der Waals surface area contributed by atoms with Crippen LogP contribution >= 0.6 is 11.8 Å². The Balaban J connectivity index is 1.03. The van der Waals surface area contributed by atoms with Crippen molar-refractivity contribution >= 4 is 41.5 Å². The van der Waals surface area contributed by atoms with Crippen molar-refractivity contribution in [2.75, 3.05) is 42.1 Å². The lowest BCUT2D eigenvalue weighted by molar-refractivity contribution is -0.114. The second-order valence-electron chi connectivity index (χ2n) is 9.56. The fourth-order valence-electron chi connectivity index (χ4n) is 5.64. The lowest BCUT2D eigenvalue weighted by Gasteiger charge is -2.34. The highest BCUT2D eigenvalue weighted by Crippen LogP contribution is 2.43. The predicted octanol–water partition coefficient (Wildman–Crippen LogP) is 2.88. The molecule has 6 rings (SSSR count). The number of carbonyl (C=O) groups is 2. The molecule has 7 nitrogen and oxygen atoms in total. The molecule has 2 unspecified atom stereocenters. The number of aldehydes is 1. The number of amides is 1. The Morgan fingerprint density at radius 1 is 1.21 bits per heavy atom. The van der Waals surface area contributed by atoms with Gasteiger partial charge in [-0.3, -0.25) is 4.79 Å². The summed E-state index contributed by atoms with van der Waals surface area (Å²) in [5, 5.41) is 6.54. The number of nitrogens with one attached hydrogen (secondary N) is 2. The molecule has 2 N–H and O–H groups in total. The Bertz CT molecular complexity index is 1140.